The highest BCUT2D eigenvalue weighted by Crippen LogP contribution is 2.44. The number of nitrogens with zero attached hydrogens (tertiary/aromatic N) is 4. The van der Waals surface area contributed by atoms with Gasteiger partial charge < -0.3 is 0 Å². The van der Waals surface area contributed by atoms with Crippen LogP contribution in [0, 0.1) is 0 Å². The van der Waals surface area contributed by atoms with E-state index in [0.717, 1.165) is 55.5 Å². The van der Waals surface area contributed by atoms with E-state index in [2.05, 4.69) is 168 Å². The molecular formula is C50H32N4. The molecule has 3 heterocycles. The normalized spacial score (nSPS) is 11.3. The average molecular weight is 689 g/mol. The monoisotopic (exact) mass is 688 g/mol. The first-order valence-electron chi connectivity index (χ1n) is 18.1. The van der Waals surface area contributed by atoms with E-state index < -0.39 is 0 Å². The van der Waals surface area contributed by atoms with Crippen LogP contribution in [0.1, 0.15) is 0 Å². The molecular weight excluding hydrogens is 657 g/mol. The number of rotatable bonds is 6. The lowest BCUT2D eigenvalue weighted by Gasteiger charge is -2.18. The van der Waals surface area contributed by atoms with E-state index in [1.165, 1.54) is 38.2 Å². The van der Waals surface area contributed by atoms with E-state index in [0.29, 0.717) is 5.82 Å². The molecule has 4 nitrogen and oxygen atoms in total. The summed E-state index contributed by atoms with van der Waals surface area (Å²) < 4.78 is 0. The topological polar surface area (TPSA) is 51.6 Å². The number of pyridine rings is 2. The first-order chi connectivity index (χ1) is 26.8. The maximum Gasteiger partial charge on any atom is 0.162 e. The van der Waals surface area contributed by atoms with E-state index in [9.17, 15) is 0 Å². The number of fused-ring (bicyclic) bond motifs is 3. The van der Waals surface area contributed by atoms with Crippen LogP contribution in [0.2, 0.25) is 0 Å². The van der Waals surface area contributed by atoms with Crippen molar-refractivity contribution in [3.05, 3.63) is 195 Å². The Morgan fingerprint density at radius 3 is 1.56 bits per heavy atom. The van der Waals surface area contributed by atoms with Gasteiger partial charge in [-0.05, 0) is 78.5 Å². The Morgan fingerprint density at radius 1 is 0.315 bits per heavy atom. The van der Waals surface area contributed by atoms with Crippen molar-refractivity contribution in [2.24, 2.45) is 0 Å². The van der Waals surface area contributed by atoms with Crippen LogP contribution in [0.5, 0.6) is 0 Å². The summed E-state index contributed by atoms with van der Waals surface area (Å²) in [5.41, 5.74) is 11.6. The largest absolute Gasteiger partial charge is 0.264 e. The third kappa shape index (κ3) is 5.58. The van der Waals surface area contributed by atoms with Gasteiger partial charge in [-0.3, -0.25) is 9.97 Å². The first kappa shape index (κ1) is 31.4. The number of benzene rings is 7. The standard InChI is InChI=1S/C50H32N4/c1-2-12-35(13-3-1)48-41-19-6-8-21-43(41)49(44-22-9-7-20-42(44)48)37-16-10-15-36(28-37)47-29-46(34-25-23-33(24-26-34)38-17-11-27-51-30-38)53-50(54-47)45-32-52-31-39-14-4-5-18-40(39)45/h1-32H. The molecule has 0 spiro atoms. The fourth-order valence-corrected chi connectivity index (χ4v) is 7.71. The van der Waals surface area contributed by atoms with Gasteiger partial charge >= 0.3 is 0 Å². The Morgan fingerprint density at radius 2 is 0.870 bits per heavy atom. The summed E-state index contributed by atoms with van der Waals surface area (Å²) in [6, 6.07) is 60.0. The molecule has 252 valence electrons. The molecule has 4 heteroatoms. The van der Waals surface area contributed by atoms with Crippen molar-refractivity contribution in [1.82, 2.24) is 19.9 Å². The molecule has 0 bridgehead atoms. The highest BCUT2D eigenvalue weighted by molar-refractivity contribution is 6.21. The summed E-state index contributed by atoms with van der Waals surface area (Å²) in [4.78, 5) is 19.4. The fourth-order valence-electron chi connectivity index (χ4n) is 7.71. The molecule has 0 saturated carbocycles. The van der Waals surface area contributed by atoms with Gasteiger partial charge in [-0.15, -0.1) is 0 Å². The molecule has 0 fully saturated rings. The lowest BCUT2D eigenvalue weighted by atomic mass is 9.85. The van der Waals surface area contributed by atoms with Gasteiger partial charge in [0.05, 0.1) is 11.4 Å². The number of hydrogen-bond donors (Lipinski definition) is 0. The molecule has 0 aliphatic heterocycles. The summed E-state index contributed by atoms with van der Waals surface area (Å²) in [5, 5.41) is 7.00. The third-order valence-electron chi connectivity index (χ3n) is 10.3. The van der Waals surface area contributed by atoms with E-state index in [1.54, 1.807) is 6.20 Å². The minimum absolute atomic E-state index is 0.636. The average Bonchev–Trinajstić information content (AvgIpc) is 3.26. The fraction of sp³-hybridized carbons (Fsp3) is 0. The van der Waals surface area contributed by atoms with Crippen molar-refractivity contribution in [3.8, 4) is 67.3 Å². The second kappa shape index (κ2) is 13.4. The predicted molar refractivity (Wildman–Crippen MR) is 223 cm³/mol. The molecule has 3 aromatic heterocycles. The van der Waals surface area contributed by atoms with E-state index in [-0.39, 0.29) is 0 Å². The summed E-state index contributed by atoms with van der Waals surface area (Å²) in [5.74, 6) is 0.636. The molecule has 0 unspecified atom stereocenters. The lowest BCUT2D eigenvalue weighted by molar-refractivity contribution is 1.18. The second-order valence-corrected chi connectivity index (χ2v) is 13.5. The molecule has 0 saturated heterocycles. The molecule has 0 atom stereocenters. The molecule has 0 aliphatic rings. The SMILES string of the molecule is c1ccc(-c2c3ccccc3c(-c3cccc(-c4cc(-c5ccc(-c6cccnc6)cc5)nc(-c5cncc6ccccc56)n4)c3)c3ccccc23)cc1. The van der Waals surface area contributed by atoms with Crippen LogP contribution in [0.25, 0.3) is 99.6 Å². The van der Waals surface area contributed by atoms with E-state index >= 15 is 0 Å². The van der Waals surface area contributed by atoms with Gasteiger partial charge in [-0.2, -0.15) is 0 Å². The molecule has 0 radical (unpaired) electrons. The Bertz CT molecular complexity index is 2910. The quantitative estimate of drug-likeness (QED) is 0.163. The van der Waals surface area contributed by atoms with Crippen LogP contribution >= 0.6 is 0 Å². The van der Waals surface area contributed by atoms with Crippen LogP contribution in [0.4, 0.5) is 0 Å². The van der Waals surface area contributed by atoms with Crippen LogP contribution in [0.3, 0.4) is 0 Å². The minimum Gasteiger partial charge on any atom is -0.264 e. The summed E-state index contributed by atoms with van der Waals surface area (Å²) in [6.07, 6.45) is 7.45. The van der Waals surface area contributed by atoms with Crippen molar-refractivity contribution in [3.63, 3.8) is 0 Å². The summed E-state index contributed by atoms with van der Waals surface area (Å²) in [6.45, 7) is 0. The molecule has 10 rings (SSSR count). The smallest absolute Gasteiger partial charge is 0.162 e. The van der Waals surface area contributed by atoms with Gasteiger partial charge in [-0.25, -0.2) is 9.97 Å². The van der Waals surface area contributed by atoms with Crippen LogP contribution in [-0.4, -0.2) is 19.9 Å². The van der Waals surface area contributed by atoms with Gasteiger partial charge in [0.2, 0.25) is 0 Å². The number of aromatic nitrogens is 4. The van der Waals surface area contributed by atoms with Crippen molar-refractivity contribution >= 4 is 32.3 Å². The molecule has 10 aromatic rings. The Balaban J connectivity index is 1.17. The van der Waals surface area contributed by atoms with Crippen molar-refractivity contribution in [1.29, 1.82) is 0 Å². The van der Waals surface area contributed by atoms with Gasteiger partial charge in [0, 0.05) is 46.9 Å². The van der Waals surface area contributed by atoms with Crippen molar-refractivity contribution in [2.45, 2.75) is 0 Å². The maximum atomic E-state index is 5.27. The highest BCUT2D eigenvalue weighted by atomic mass is 14.9. The van der Waals surface area contributed by atoms with Crippen molar-refractivity contribution < 1.29 is 0 Å². The Hall–Kier alpha value is -7.30. The Kier molecular flexibility index (Phi) is 7.77. The van der Waals surface area contributed by atoms with Crippen LogP contribution in [-0.2, 0) is 0 Å². The molecule has 7 aromatic carbocycles. The third-order valence-corrected chi connectivity index (χ3v) is 10.3. The zero-order chi connectivity index (χ0) is 35.8. The molecule has 0 amide bonds. The second-order valence-electron chi connectivity index (χ2n) is 13.5. The zero-order valence-corrected chi connectivity index (χ0v) is 29.3. The zero-order valence-electron chi connectivity index (χ0n) is 29.3. The minimum atomic E-state index is 0.636. The highest BCUT2D eigenvalue weighted by Gasteiger charge is 2.18. The van der Waals surface area contributed by atoms with Gasteiger partial charge in [-0.1, -0.05) is 152 Å². The number of hydrogen-bond acceptors (Lipinski definition) is 4. The van der Waals surface area contributed by atoms with Crippen LogP contribution < -0.4 is 0 Å². The summed E-state index contributed by atoms with van der Waals surface area (Å²) in [7, 11) is 0. The Labute approximate surface area is 313 Å². The first-order valence-corrected chi connectivity index (χ1v) is 18.1. The summed E-state index contributed by atoms with van der Waals surface area (Å²) >= 11 is 0. The lowest BCUT2D eigenvalue weighted by Crippen LogP contribution is -1.97. The van der Waals surface area contributed by atoms with Gasteiger partial charge in [0.25, 0.3) is 0 Å². The van der Waals surface area contributed by atoms with Gasteiger partial charge in [0.15, 0.2) is 5.82 Å². The van der Waals surface area contributed by atoms with Crippen molar-refractivity contribution in [2.75, 3.05) is 0 Å². The predicted octanol–water partition coefficient (Wildman–Crippen LogP) is 12.7. The van der Waals surface area contributed by atoms with Gasteiger partial charge in [0.1, 0.15) is 0 Å². The van der Waals surface area contributed by atoms with E-state index in [1.807, 2.05) is 30.7 Å². The maximum absolute atomic E-state index is 5.27. The van der Waals surface area contributed by atoms with E-state index in [4.69, 9.17) is 9.97 Å². The molecule has 54 heavy (non-hydrogen) atoms. The molecule has 0 aliphatic carbocycles. The molecule has 0 N–H and O–H groups in total. The van der Waals surface area contributed by atoms with Crippen LogP contribution in [0.15, 0.2) is 195 Å².